The number of hydrogen-bond acceptors (Lipinski definition) is 7. The minimum absolute atomic E-state index is 0.322. The first-order chi connectivity index (χ1) is 17.3. The number of amides is 1. The van der Waals surface area contributed by atoms with Crippen molar-refractivity contribution >= 4 is 17.6 Å². The molecule has 2 aromatic carbocycles. The number of ether oxygens (including phenoxy) is 3. The van der Waals surface area contributed by atoms with Gasteiger partial charge in [0.1, 0.15) is 23.7 Å². The van der Waals surface area contributed by atoms with E-state index in [1.54, 1.807) is 0 Å². The van der Waals surface area contributed by atoms with Crippen molar-refractivity contribution in [3.63, 3.8) is 0 Å². The van der Waals surface area contributed by atoms with Gasteiger partial charge in [-0.25, -0.2) is 4.99 Å². The van der Waals surface area contributed by atoms with Gasteiger partial charge in [0.05, 0.1) is 5.71 Å². The molecule has 0 aromatic heterocycles. The van der Waals surface area contributed by atoms with Gasteiger partial charge in [-0.15, -0.1) is 0 Å². The van der Waals surface area contributed by atoms with Gasteiger partial charge < -0.3 is 25.1 Å². The lowest BCUT2D eigenvalue weighted by Gasteiger charge is -2.27. The van der Waals surface area contributed by atoms with Crippen LogP contribution in [-0.2, 0) is 26.3 Å². The van der Waals surface area contributed by atoms with E-state index in [-0.39, 0.29) is 6.10 Å². The fourth-order valence-corrected chi connectivity index (χ4v) is 5.97. The summed E-state index contributed by atoms with van der Waals surface area (Å²) in [5.74, 6) is 0.252. The molecular weight excluding hydrogens is 460 g/mol. The molecule has 3 fully saturated rings. The van der Waals surface area contributed by atoms with Crippen LogP contribution < -0.4 is 15.2 Å². The highest BCUT2D eigenvalue weighted by molar-refractivity contribution is 6.25. The van der Waals surface area contributed by atoms with Gasteiger partial charge >= 0.3 is 5.97 Å². The molecule has 6 rings (SSSR count). The van der Waals surface area contributed by atoms with E-state index >= 15 is 0 Å². The second-order valence-corrected chi connectivity index (χ2v) is 9.88. The summed E-state index contributed by atoms with van der Waals surface area (Å²) in [6, 6.07) is 13.8. The number of esters is 1. The van der Waals surface area contributed by atoms with E-state index in [1.165, 1.54) is 14.0 Å². The van der Waals surface area contributed by atoms with Crippen molar-refractivity contribution < 1.29 is 28.9 Å². The monoisotopic (exact) mass is 492 g/mol. The quantitative estimate of drug-likeness (QED) is 0.615. The molecule has 4 aliphatic rings. The summed E-state index contributed by atoms with van der Waals surface area (Å²) in [5.41, 5.74) is 4.52. The Balaban J connectivity index is 0.00000130. The van der Waals surface area contributed by atoms with E-state index < -0.39 is 28.5 Å². The number of benzene rings is 2. The number of aliphatic imine (C=N–C) groups is 1. The Labute approximate surface area is 210 Å². The Morgan fingerprint density at radius 2 is 1.86 bits per heavy atom. The number of nitrogens with zero attached hydrogens (tertiary/aromatic N) is 1. The Bertz CT molecular complexity index is 1240. The lowest BCUT2D eigenvalue weighted by molar-refractivity contribution is -0.155. The van der Waals surface area contributed by atoms with E-state index in [2.05, 4.69) is 10.7 Å². The number of aliphatic hydroxyl groups is 1. The van der Waals surface area contributed by atoms with Crippen LogP contribution in [0.4, 0.5) is 0 Å². The van der Waals surface area contributed by atoms with Crippen LogP contribution in [0.1, 0.15) is 55.7 Å². The lowest BCUT2D eigenvalue weighted by atomic mass is 9.78. The third kappa shape index (κ3) is 3.46. The van der Waals surface area contributed by atoms with Gasteiger partial charge in [0.2, 0.25) is 0 Å². The molecule has 3 N–H and O–H groups in total. The maximum absolute atomic E-state index is 13.1. The zero-order valence-electron chi connectivity index (χ0n) is 20.9. The molecule has 1 spiro atoms. The molecule has 8 heteroatoms. The van der Waals surface area contributed by atoms with Crippen molar-refractivity contribution in [2.75, 3.05) is 7.05 Å². The normalized spacial score (nSPS) is 28.9. The molecule has 0 saturated heterocycles. The third-order valence-electron chi connectivity index (χ3n) is 7.71. The summed E-state index contributed by atoms with van der Waals surface area (Å²) in [4.78, 5) is 29.0. The molecule has 0 radical (unpaired) electrons. The third-order valence-corrected chi connectivity index (χ3v) is 7.71. The molecule has 1 amide bonds. The molecule has 0 bridgehead atoms. The molecular formula is C28H32N2O6. The predicted octanol–water partition coefficient (Wildman–Crippen LogP) is 3.14. The van der Waals surface area contributed by atoms with Crippen molar-refractivity contribution in [2.45, 2.75) is 75.3 Å². The van der Waals surface area contributed by atoms with Crippen molar-refractivity contribution in [3.05, 3.63) is 59.2 Å². The number of aryl methyl sites for hydroxylation is 1. The lowest BCUT2D eigenvalue weighted by Crippen LogP contribution is -2.38. The summed E-state index contributed by atoms with van der Waals surface area (Å²) in [7, 11) is 1.50. The Hall–Kier alpha value is -3.23. The van der Waals surface area contributed by atoms with Crippen LogP contribution in [0.15, 0.2) is 47.5 Å². The molecule has 1 aliphatic heterocycles. The summed E-state index contributed by atoms with van der Waals surface area (Å²) in [6.07, 6.45) is 2.61. The summed E-state index contributed by atoms with van der Waals surface area (Å²) >= 11 is 0. The van der Waals surface area contributed by atoms with Crippen LogP contribution in [0.3, 0.4) is 0 Å². The number of carbonyl (C=O) groups excluding carboxylic acids is 2. The van der Waals surface area contributed by atoms with Gasteiger partial charge in [0.15, 0.2) is 17.1 Å². The van der Waals surface area contributed by atoms with Crippen molar-refractivity contribution in [1.29, 1.82) is 0 Å². The van der Waals surface area contributed by atoms with E-state index in [4.69, 9.17) is 14.2 Å². The van der Waals surface area contributed by atoms with Gasteiger partial charge in [-0.3, -0.25) is 9.59 Å². The highest BCUT2D eigenvalue weighted by Gasteiger charge is 2.83. The Morgan fingerprint density at radius 1 is 1.14 bits per heavy atom. The average molecular weight is 493 g/mol. The summed E-state index contributed by atoms with van der Waals surface area (Å²) < 4.78 is 17.9. The zero-order chi connectivity index (χ0) is 25.7. The molecule has 3 atom stereocenters. The van der Waals surface area contributed by atoms with Crippen LogP contribution in [0.25, 0.3) is 0 Å². The van der Waals surface area contributed by atoms with Gasteiger partial charge in [-0.1, -0.05) is 36.4 Å². The molecule has 2 aromatic rings. The number of hydrogen-bond donors (Lipinski definition) is 2. The van der Waals surface area contributed by atoms with Crippen LogP contribution >= 0.6 is 0 Å². The molecule has 3 saturated carbocycles. The second-order valence-electron chi connectivity index (χ2n) is 9.88. The van der Waals surface area contributed by atoms with Crippen LogP contribution in [0.2, 0.25) is 0 Å². The predicted molar refractivity (Wildman–Crippen MR) is 133 cm³/mol. The fourth-order valence-electron chi connectivity index (χ4n) is 5.97. The average Bonchev–Trinajstić information content (AvgIpc) is 3.71. The van der Waals surface area contributed by atoms with E-state index in [9.17, 15) is 14.7 Å². The molecule has 3 aliphatic carbocycles. The van der Waals surface area contributed by atoms with Crippen molar-refractivity contribution in [2.24, 2.45) is 10.7 Å². The van der Waals surface area contributed by atoms with Gasteiger partial charge in [-0.05, 0) is 50.4 Å². The fraction of sp³-hybridized carbons (Fsp3) is 0.464. The maximum atomic E-state index is 13.1. The first-order valence-corrected chi connectivity index (χ1v) is 12.4. The van der Waals surface area contributed by atoms with E-state index in [1.807, 2.05) is 49.4 Å². The number of fused-ring (bicyclic) bond motifs is 1. The van der Waals surface area contributed by atoms with Gasteiger partial charge in [0, 0.05) is 25.3 Å². The number of carbonyl (C=O) groups is 2. The van der Waals surface area contributed by atoms with E-state index in [0.29, 0.717) is 43.1 Å². The van der Waals surface area contributed by atoms with Crippen LogP contribution in [0, 0.1) is 6.92 Å². The van der Waals surface area contributed by atoms with Gasteiger partial charge in [0.25, 0.3) is 5.91 Å². The zero-order valence-corrected chi connectivity index (χ0v) is 20.9. The second kappa shape index (κ2) is 8.71. The highest BCUT2D eigenvalue weighted by Crippen LogP contribution is 2.70. The summed E-state index contributed by atoms with van der Waals surface area (Å²) in [5, 5.41) is 11.7. The minimum atomic E-state index is -1.24. The molecule has 36 heavy (non-hydrogen) atoms. The molecule has 190 valence electrons. The SMILES string of the molecule is CC(=O)OC1(C(=O)N=C2C3(O)CCC[C@@H]4Oc5c(OCc6ccccc6)ccc(C)c5[C@@]243)CC1.CN. The maximum Gasteiger partial charge on any atom is 0.303 e. The topological polar surface area (TPSA) is 120 Å². The Kier molecular flexibility index (Phi) is 5.92. The Morgan fingerprint density at radius 3 is 2.53 bits per heavy atom. The molecule has 1 unspecified atom stereocenters. The van der Waals surface area contributed by atoms with Crippen LogP contribution in [0.5, 0.6) is 11.5 Å². The van der Waals surface area contributed by atoms with E-state index in [0.717, 1.165) is 29.5 Å². The molecule has 1 heterocycles. The largest absolute Gasteiger partial charge is 0.485 e. The first kappa shape index (κ1) is 24.5. The summed E-state index contributed by atoms with van der Waals surface area (Å²) in [6.45, 7) is 3.67. The van der Waals surface area contributed by atoms with Gasteiger partial charge in [-0.2, -0.15) is 0 Å². The smallest absolute Gasteiger partial charge is 0.303 e. The van der Waals surface area contributed by atoms with Crippen molar-refractivity contribution in [3.8, 4) is 11.5 Å². The van der Waals surface area contributed by atoms with Crippen molar-refractivity contribution in [1.82, 2.24) is 0 Å². The number of nitrogens with two attached hydrogens (primary N) is 1. The standard InChI is InChI=1S/C27H27NO6.CH5N/c1-16-10-11-19(32-15-18-7-4-3-5-8-18)22-21(16)27-20(33-22)9-6-12-26(27,31)23(27)28-24(30)25(13-14-25)34-17(2)29;1-2/h3-5,7-8,10-11,20,31H,6,9,12-15H2,1-2H3;2H2,1H3/t20-,26?,27+;/m0./s1. The minimum Gasteiger partial charge on any atom is -0.485 e. The highest BCUT2D eigenvalue weighted by atomic mass is 16.6. The number of rotatable bonds is 5. The first-order valence-electron chi connectivity index (χ1n) is 12.4. The van der Waals surface area contributed by atoms with Crippen LogP contribution in [-0.4, -0.2) is 47.0 Å². The molecule has 8 nitrogen and oxygen atoms in total.